The van der Waals surface area contributed by atoms with Gasteiger partial charge in [-0.2, -0.15) is 0 Å². The first-order valence-corrected chi connectivity index (χ1v) is 7.94. The van der Waals surface area contributed by atoms with E-state index in [2.05, 4.69) is 27.4 Å². The maximum Gasteiger partial charge on any atom is 0.271 e. The summed E-state index contributed by atoms with van der Waals surface area (Å²) in [4.78, 5) is 20.5. The average molecular weight is 310 g/mol. The van der Waals surface area contributed by atoms with Gasteiger partial charge in [0.05, 0.1) is 0 Å². The van der Waals surface area contributed by atoms with Crippen molar-refractivity contribution in [2.45, 2.75) is 6.42 Å². The van der Waals surface area contributed by atoms with Crippen molar-refractivity contribution in [2.24, 2.45) is 0 Å². The van der Waals surface area contributed by atoms with Crippen LogP contribution in [0.2, 0.25) is 0 Å². The van der Waals surface area contributed by atoms with Crippen LogP contribution in [0.4, 0.5) is 0 Å². The molecule has 4 aromatic rings. The molecule has 22 heavy (non-hydrogen) atoms. The number of aromatic nitrogens is 3. The van der Waals surface area contributed by atoms with Crippen LogP contribution in [0.5, 0.6) is 0 Å². The predicted molar refractivity (Wildman–Crippen MR) is 87.4 cm³/mol. The van der Waals surface area contributed by atoms with Crippen LogP contribution in [0.15, 0.2) is 48.2 Å². The Balaban J connectivity index is 1.42. The van der Waals surface area contributed by atoms with Gasteiger partial charge in [-0.1, -0.05) is 18.2 Å². The third kappa shape index (κ3) is 2.27. The molecule has 110 valence electrons. The topological polar surface area (TPSA) is 62.2 Å². The number of para-hydroxylation sites is 1. The minimum atomic E-state index is -0.129. The van der Waals surface area contributed by atoms with Crippen LogP contribution in [0, 0.1) is 0 Å². The number of thiazole rings is 1. The van der Waals surface area contributed by atoms with E-state index in [1.807, 2.05) is 34.3 Å². The molecule has 3 heterocycles. The zero-order valence-corrected chi connectivity index (χ0v) is 12.6. The highest BCUT2D eigenvalue weighted by Crippen LogP contribution is 2.17. The van der Waals surface area contributed by atoms with Crippen LogP contribution >= 0.6 is 11.3 Å². The number of carbonyl (C=O) groups excluding carboxylic acids is 1. The molecule has 0 aliphatic rings. The van der Waals surface area contributed by atoms with E-state index >= 15 is 0 Å². The fourth-order valence-corrected chi connectivity index (χ4v) is 3.28. The number of H-pyrrole nitrogens is 1. The van der Waals surface area contributed by atoms with Crippen molar-refractivity contribution in [1.29, 1.82) is 0 Å². The van der Waals surface area contributed by atoms with Crippen molar-refractivity contribution in [3.8, 4) is 0 Å². The number of nitrogens with one attached hydrogen (secondary N) is 2. The Kier molecular flexibility index (Phi) is 3.16. The fourth-order valence-electron chi connectivity index (χ4n) is 2.58. The first kappa shape index (κ1) is 13.1. The molecule has 0 radical (unpaired) electrons. The lowest BCUT2D eigenvalue weighted by molar-refractivity contribution is 0.0950. The molecule has 0 bridgehead atoms. The molecule has 0 aliphatic carbocycles. The van der Waals surface area contributed by atoms with Crippen molar-refractivity contribution in [3.63, 3.8) is 0 Å². The number of aromatic amines is 1. The van der Waals surface area contributed by atoms with E-state index in [1.54, 1.807) is 6.20 Å². The Morgan fingerprint density at radius 3 is 3.18 bits per heavy atom. The van der Waals surface area contributed by atoms with E-state index in [-0.39, 0.29) is 5.91 Å². The normalized spacial score (nSPS) is 11.3. The lowest BCUT2D eigenvalue weighted by Gasteiger charge is -2.02. The first-order chi connectivity index (χ1) is 10.8. The minimum absolute atomic E-state index is 0.129. The number of rotatable bonds is 4. The molecule has 0 spiro atoms. The summed E-state index contributed by atoms with van der Waals surface area (Å²) in [5.74, 6) is -0.129. The summed E-state index contributed by atoms with van der Waals surface area (Å²) in [6.07, 6.45) is 6.45. The molecule has 0 saturated carbocycles. The maximum absolute atomic E-state index is 12.1. The second-order valence-electron chi connectivity index (χ2n) is 5.08. The van der Waals surface area contributed by atoms with Crippen LogP contribution in [0.1, 0.15) is 16.1 Å². The van der Waals surface area contributed by atoms with E-state index < -0.39 is 0 Å². The molecule has 6 heteroatoms. The van der Waals surface area contributed by atoms with E-state index in [1.165, 1.54) is 22.3 Å². The van der Waals surface area contributed by atoms with Crippen molar-refractivity contribution in [2.75, 3.05) is 6.54 Å². The molecule has 1 aromatic carbocycles. The van der Waals surface area contributed by atoms with Crippen molar-refractivity contribution < 1.29 is 4.79 Å². The van der Waals surface area contributed by atoms with Gasteiger partial charge in [0.15, 0.2) is 4.96 Å². The molecule has 1 amide bonds. The SMILES string of the molecule is O=C(NCCc1c[nH]c2ccccc12)c1cn2ccsc2n1. The highest BCUT2D eigenvalue weighted by atomic mass is 32.1. The average Bonchev–Trinajstić information content (AvgIpc) is 3.21. The van der Waals surface area contributed by atoms with Crippen LogP contribution in [-0.2, 0) is 6.42 Å². The summed E-state index contributed by atoms with van der Waals surface area (Å²) < 4.78 is 1.86. The summed E-state index contributed by atoms with van der Waals surface area (Å²) in [6.45, 7) is 0.589. The largest absolute Gasteiger partial charge is 0.361 e. The summed E-state index contributed by atoms with van der Waals surface area (Å²) >= 11 is 1.52. The molecule has 3 aromatic heterocycles. The van der Waals surface area contributed by atoms with Gasteiger partial charge in [0.2, 0.25) is 0 Å². The fraction of sp³-hybridized carbons (Fsp3) is 0.125. The Morgan fingerprint density at radius 2 is 2.27 bits per heavy atom. The Labute approximate surface area is 130 Å². The number of benzene rings is 1. The number of hydrogen-bond donors (Lipinski definition) is 2. The number of fused-ring (bicyclic) bond motifs is 2. The van der Waals surface area contributed by atoms with Gasteiger partial charge >= 0.3 is 0 Å². The number of nitrogens with zero attached hydrogens (tertiary/aromatic N) is 2. The Bertz CT molecular complexity index is 921. The number of hydrogen-bond acceptors (Lipinski definition) is 3. The highest BCUT2D eigenvalue weighted by Gasteiger charge is 2.11. The second kappa shape index (κ2) is 5.31. The number of amides is 1. The zero-order valence-electron chi connectivity index (χ0n) is 11.7. The summed E-state index contributed by atoms with van der Waals surface area (Å²) in [7, 11) is 0. The molecule has 0 aliphatic heterocycles. The third-order valence-electron chi connectivity index (χ3n) is 3.68. The predicted octanol–water partition coefficient (Wildman–Crippen LogP) is 2.85. The highest BCUT2D eigenvalue weighted by molar-refractivity contribution is 7.15. The monoisotopic (exact) mass is 310 g/mol. The molecular formula is C16H14N4OS. The molecule has 5 nitrogen and oxygen atoms in total. The summed E-state index contributed by atoms with van der Waals surface area (Å²) in [6, 6.07) is 8.17. The van der Waals surface area contributed by atoms with Crippen LogP contribution in [-0.4, -0.2) is 26.8 Å². The molecule has 0 unspecified atom stereocenters. The quantitative estimate of drug-likeness (QED) is 0.609. The lowest BCUT2D eigenvalue weighted by atomic mass is 10.1. The van der Waals surface area contributed by atoms with Crippen LogP contribution in [0.3, 0.4) is 0 Å². The molecule has 0 fully saturated rings. The summed E-state index contributed by atoms with van der Waals surface area (Å²) in [5, 5.41) is 6.08. The first-order valence-electron chi connectivity index (χ1n) is 7.06. The van der Waals surface area contributed by atoms with E-state index in [9.17, 15) is 4.79 Å². The standard InChI is InChI=1S/C16H14N4OS/c21-15(14-10-20-7-8-22-16(20)19-14)17-6-5-11-9-18-13-4-2-1-3-12(11)13/h1-4,7-10,18H,5-6H2,(H,17,21). The van der Waals surface area contributed by atoms with Gasteiger partial charge in [-0.25, -0.2) is 4.98 Å². The number of imidazole rings is 1. The van der Waals surface area contributed by atoms with E-state index in [0.29, 0.717) is 12.2 Å². The molecule has 2 N–H and O–H groups in total. The third-order valence-corrected chi connectivity index (χ3v) is 4.45. The van der Waals surface area contributed by atoms with Gasteiger partial charge in [-0.3, -0.25) is 9.20 Å². The van der Waals surface area contributed by atoms with Crippen molar-refractivity contribution >= 4 is 33.1 Å². The van der Waals surface area contributed by atoms with Crippen LogP contribution < -0.4 is 5.32 Å². The molecular weight excluding hydrogens is 296 g/mol. The van der Waals surface area contributed by atoms with Crippen molar-refractivity contribution in [1.82, 2.24) is 19.7 Å². The Hall–Kier alpha value is -2.60. The number of carbonyl (C=O) groups is 1. The lowest BCUT2D eigenvalue weighted by Crippen LogP contribution is -2.25. The van der Waals surface area contributed by atoms with Gasteiger partial charge in [-0.15, -0.1) is 11.3 Å². The molecule has 0 atom stereocenters. The van der Waals surface area contributed by atoms with E-state index in [0.717, 1.165) is 16.9 Å². The van der Waals surface area contributed by atoms with E-state index in [4.69, 9.17) is 0 Å². The zero-order chi connectivity index (χ0) is 14.9. The summed E-state index contributed by atoms with van der Waals surface area (Å²) in [5.41, 5.74) is 2.80. The minimum Gasteiger partial charge on any atom is -0.361 e. The van der Waals surface area contributed by atoms with Crippen molar-refractivity contribution in [3.05, 3.63) is 59.5 Å². The van der Waals surface area contributed by atoms with Gasteiger partial charge < -0.3 is 10.3 Å². The smallest absolute Gasteiger partial charge is 0.271 e. The second-order valence-corrected chi connectivity index (χ2v) is 5.96. The maximum atomic E-state index is 12.1. The van der Waals surface area contributed by atoms with Gasteiger partial charge in [0.25, 0.3) is 5.91 Å². The van der Waals surface area contributed by atoms with Crippen LogP contribution in [0.25, 0.3) is 15.9 Å². The molecule has 0 saturated heterocycles. The van der Waals surface area contributed by atoms with Gasteiger partial charge in [0, 0.05) is 41.4 Å². The van der Waals surface area contributed by atoms with Gasteiger partial charge in [0.1, 0.15) is 5.69 Å². The van der Waals surface area contributed by atoms with Gasteiger partial charge in [-0.05, 0) is 18.1 Å². The molecule has 4 rings (SSSR count). The Morgan fingerprint density at radius 1 is 1.36 bits per heavy atom.